The minimum atomic E-state index is -0.241. The van der Waals surface area contributed by atoms with Gasteiger partial charge in [0.25, 0.3) is 0 Å². The molecule has 1 atom stereocenters. The molecule has 1 saturated heterocycles. The third-order valence-electron chi connectivity index (χ3n) is 2.81. The number of methoxy groups -OCH3 is 1. The second-order valence-corrected chi connectivity index (χ2v) is 4.17. The highest BCUT2D eigenvalue weighted by atomic mass is 127. The molecule has 100 valence electrons. The summed E-state index contributed by atoms with van der Waals surface area (Å²) in [4.78, 5) is 17.5. The minimum absolute atomic E-state index is 0. The van der Waals surface area contributed by atoms with Gasteiger partial charge < -0.3 is 15.4 Å². The number of carbonyl (C=O) groups excluding carboxylic acids is 1. The number of aliphatic imine (C=N–C) groups is 1. The molecule has 0 aromatic rings. The van der Waals surface area contributed by atoms with Crippen molar-refractivity contribution in [3.05, 3.63) is 0 Å². The lowest BCUT2D eigenvalue weighted by Crippen LogP contribution is -2.41. The van der Waals surface area contributed by atoms with Crippen molar-refractivity contribution in [3.8, 4) is 0 Å². The molecule has 2 N–H and O–H groups in total. The van der Waals surface area contributed by atoms with E-state index in [9.17, 15) is 4.79 Å². The van der Waals surface area contributed by atoms with E-state index in [1.807, 2.05) is 0 Å². The summed E-state index contributed by atoms with van der Waals surface area (Å²) in [5.41, 5.74) is 5.86. The molecule has 5 nitrogen and oxygen atoms in total. The van der Waals surface area contributed by atoms with Crippen molar-refractivity contribution < 1.29 is 9.53 Å². The van der Waals surface area contributed by atoms with Crippen molar-refractivity contribution in [1.82, 2.24) is 4.90 Å². The SMILES string of the molecule is COC(=O)C(C)CN=C(N)N1CCCCC1.I. The maximum Gasteiger partial charge on any atom is 0.310 e. The van der Waals surface area contributed by atoms with Crippen LogP contribution in [0.4, 0.5) is 0 Å². The predicted octanol–water partition coefficient (Wildman–Crippen LogP) is 1.21. The van der Waals surface area contributed by atoms with Crippen molar-refractivity contribution in [2.75, 3.05) is 26.7 Å². The van der Waals surface area contributed by atoms with Gasteiger partial charge in [0.05, 0.1) is 19.6 Å². The van der Waals surface area contributed by atoms with Crippen molar-refractivity contribution in [1.29, 1.82) is 0 Å². The largest absolute Gasteiger partial charge is 0.469 e. The number of rotatable bonds is 3. The lowest BCUT2D eigenvalue weighted by atomic mass is 10.1. The van der Waals surface area contributed by atoms with Gasteiger partial charge in [-0.25, -0.2) is 0 Å². The normalized spacial score (nSPS) is 18.2. The van der Waals surface area contributed by atoms with Crippen LogP contribution in [0.15, 0.2) is 4.99 Å². The molecule has 1 aliphatic heterocycles. The highest BCUT2D eigenvalue weighted by Gasteiger charge is 2.15. The zero-order chi connectivity index (χ0) is 12.0. The molecule has 0 spiro atoms. The van der Waals surface area contributed by atoms with Crippen LogP contribution in [0, 0.1) is 5.92 Å². The van der Waals surface area contributed by atoms with Gasteiger partial charge in [-0.15, -0.1) is 24.0 Å². The molecule has 0 aromatic heterocycles. The van der Waals surface area contributed by atoms with E-state index in [4.69, 9.17) is 5.73 Å². The van der Waals surface area contributed by atoms with Crippen LogP contribution in [-0.2, 0) is 9.53 Å². The van der Waals surface area contributed by atoms with Crippen molar-refractivity contribution in [3.63, 3.8) is 0 Å². The quantitative estimate of drug-likeness (QED) is 0.358. The van der Waals surface area contributed by atoms with E-state index in [2.05, 4.69) is 14.6 Å². The number of hydrogen-bond acceptors (Lipinski definition) is 3. The number of ether oxygens (including phenoxy) is 1. The number of carbonyl (C=O) groups is 1. The topological polar surface area (TPSA) is 67.9 Å². The highest BCUT2D eigenvalue weighted by molar-refractivity contribution is 14.0. The molecule has 6 heteroatoms. The molecular weight excluding hydrogens is 333 g/mol. The predicted molar refractivity (Wildman–Crippen MR) is 78.5 cm³/mol. The van der Waals surface area contributed by atoms with Crippen LogP contribution in [0.5, 0.6) is 0 Å². The Labute approximate surface area is 120 Å². The van der Waals surface area contributed by atoms with E-state index in [1.165, 1.54) is 26.4 Å². The Balaban J connectivity index is 0.00000256. The van der Waals surface area contributed by atoms with Crippen LogP contribution in [-0.4, -0.2) is 43.6 Å². The molecule has 0 radical (unpaired) electrons. The molecule has 0 aromatic carbocycles. The summed E-state index contributed by atoms with van der Waals surface area (Å²) in [6, 6.07) is 0. The smallest absolute Gasteiger partial charge is 0.310 e. The van der Waals surface area contributed by atoms with E-state index in [1.54, 1.807) is 6.92 Å². The van der Waals surface area contributed by atoms with Crippen LogP contribution < -0.4 is 5.73 Å². The van der Waals surface area contributed by atoms with Gasteiger partial charge in [-0.2, -0.15) is 0 Å². The molecule has 0 aliphatic carbocycles. The summed E-state index contributed by atoms with van der Waals surface area (Å²) in [6.07, 6.45) is 3.61. The number of nitrogens with zero attached hydrogens (tertiary/aromatic N) is 2. The Morgan fingerprint density at radius 2 is 2.00 bits per heavy atom. The zero-order valence-corrected chi connectivity index (χ0v) is 12.8. The molecular formula is C11H22IN3O2. The first-order chi connectivity index (χ1) is 7.65. The van der Waals surface area contributed by atoms with Crippen molar-refractivity contribution >= 4 is 35.9 Å². The summed E-state index contributed by atoms with van der Waals surface area (Å²) in [6.45, 7) is 4.14. The molecule has 0 bridgehead atoms. The third kappa shape index (κ3) is 5.56. The molecule has 0 saturated carbocycles. The van der Waals surface area contributed by atoms with Gasteiger partial charge in [-0.3, -0.25) is 9.79 Å². The van der Waals surface area contributed by atoms with E-state index >= 15 is 0 Å². The molecule has 0 amide bonds. The fourth-order valence-corrected chi connectivity index (χ4v) is 1.73. The lowest BCUT2D eigenvalue weighted by molar-refractivity contribution is -0.144. The maximum atomic E-state index is 11.2. The zero-order valence-electron chi connectivity index (χ0n) is 10.5. The fraction of sp³-hybridized carbons (Fsp3) is 0.818. The Kier molecular flexibility index (Phi) is 8.28. The molecule has 17 heavy (non-hydrogen) atoms. The Morgan fingerprint density at radius 3 is 2.53 bits per heavy atom. The molecule has 1 heterocycles. The number of hydrogen-bond donors (Lipinski definition) is 1. The second-order valence-electron chi connectivity index (χ2n) is 4.17. The number of halogens is 1. The van der Waals surface area contributed by atoms with Crippen LogP contribution in [0.2, 0.25) is 0 Å². The molecule has 1 fully saturated rings. The van der Waals surface area contributed by atoms with E-state index in [-0.39, 0.29) is 35.9 Å². The minimum Gasteiger partial charge on any atom is -0.469 e. The number of esters is 1. The van der Waals surface area contributed by atoms with Crippen LogP contribution >= 0.6 is 24.0 Å². The summed E-state index contributed by atoms with van der Waals surface area (Å²) in [7, 11) is 1.39. The van der Waals surface area contributed by atoms with E-state index < -0.39 is 0 Å². The summed E-state index contributed by atoms with van der Waals surface area (Å²) >= 11 is 0. The average Bonchev–Trinajstić information content (AvgIpc) is 2.35. The van der Waals surface area contributed by atoms with Gasteiger partial charge in [0.2, 0.25) is 0 Å². The average molecular weight is 355 g/mol. The molecule has 1 unspecified atom stereocenters. The van der Waals surface area contributed by atoms with Gasteiger partial charge in [0.1, 0.15) is 0 Å². The summed E-state index contributed by atoms with van der Waals surface area (Å²) < 4.78 is 4.63. The fourth-order valence-electron chi connectivity index (χ4n) is 1.73. The van der Waals surface area contributed by atoms with E-state index in [0.29, 0.717) is 12.5 Å². The monoisotopic (exact) mass is 355 g/mol. The summed E-state index contributed by atoms with van der Waals surface area (Å²) in [5.74, 6) is 0.0824. The molecule has 1 rings (SSSR count). The van der Waals surface area contributed by atoms with Gasteiger partial charge in [0.15, 0.2) is 5.96 Å². The standard InChI is InChI=1S/C11H21N3O2.HI/c1-9(10(15)16-2)8-13-11(12)14-6-4-3-5-7-14;/h9H,3-8H2,1-2H3,(H2,12,13);1H. The van der Waals surface area contributed by atoms with Crippen molar-refractivity contribution in [2.45, 2.75) is 26.2 Å². The van der Waals surface area contributed by atoms with E-state index in [0.717, 1.165) is 13.1 Å². The van der Waals surface area contributed by atoms with Crippen molar-refractivity contribution in [2.24, 2.45) is 16.6 Å². The first-order valence-electron chi connectivity index (χ1n) is 5.78. The maximum absolute atomic E-state index is 11.2. The number of nitrogens with two attached hydrogens (primary N) is 1. The van der Waals surface area contributed by atoms with Gasteiger partial charge in [-0.05, 0) is 19.3 Å². The Hall–Kier alpha value is -0.530. The Bertz CT molecular complexity index is 265. The first-order valence-corrected chi connectivity index (χ1v) is 5.78. The Morgan fingerprint density at radius 1 is 1.41 bits per heavy atom. The van der Waals surface area contributed by atoms with Crippen LogP contribution in [0.1, 0.15) is 26.2 Å². The van der Waals surface area contributed by atoms with Gasteiger partial charge in [0, 0.05) is 13.1 Å². The highest BCUT2D eigenvalue weighted by Crippen LogP contribution is 2.08. The third-order valence-corrected chi connectivity index (χ3v) is 2.81. The van der Waals surface area contributed by atoms with Crippen LogP contribution in [0.3, 0.4) is 0 Å². The number of likely N-dealkylation sites (tertiary alicyclic amines) is 1. The van der Waals surface area contributed by atoms with Gasteiger partial charge in [-0.1, -0.05) is 6.92 Å². The van der Waals surface area contributed by atoms with Gasteiger partial charge >= 0.3 is 5.97 Å². The first kappa shape index (κ1) is 16.5. The number of guanidine groups is 1. The van der Waals surface area contributed by atoms with Crippen LogP contribution in [0.25, 0.3) is 0 Å². The second kappa shape index (κ2) is 8.54. The summed E-state index contributed by atoms with van der Waals surface area (Å²) in [5, 5.41) is 0. The lowest BCUT2D eigenvalue weighted by Gasteiger charge is -2.27. The number of piperidine rings is 1. The molecule has 1 aliphatic rings.